The van der Waals surface area contributed by atoms with Crippen LogP contribution in [0.5, 0.6) is 0 Å². The van der Waals surface area contributed by atoms with Crippen molar-refractivity contribution in [2.75, 3.05) is 24.7 Å². The van der Waals surface area contributed by atoms with Gasteiger partial charge in [0.15, 0.2) is 0 Å². The molecule has 1 spiro atoms. The summed E-state index contributed by atoms with van der Waals surface area (Å²) in [6.45, 7) is 8.26. The molecule has 0 radical (unpaired) electrons. The van der Waals surface area contributed by atoms with Gasteiger partial charge in [-0.1, -0.05) is 56.4 Å². The Balaban J connectivity index is 1.67. The molecule has 8 heteroatoms. The Bertz CT molecular complexity index is 1160. The van der Waals surface area contributed by atoms with Gasteiger partial charge in [0.05, 0.1) is 31.3 Å². The van der Waals surface area contributed by atoms with Gasteiger partial charge in [0.1, 0.15) is 17.6 Å². The number of rotatable bonds is 5. The largest absolute Gasteiger partial charge is 0.465 e. The third-order valence-corrected chi connectivity index (χ3v) is 8.35. The maximum absolute atomic E-state index is 14.6. The molecule has 4 heterocycles. The Morgan fingerprint density at radius 2 is 1.84 bits per heavy atom. The molecule has 1 N–H and O–H groups in total. The van der Waals surface area contributed by atoms with Gasteiger partial charge in [0, 0.05) is 12.2 Å². The van der Waals surface area contributed by atoms with Crippen LogP contribution in [0.1, 0.15) is 44.2 Å². The predicted octanol–water partition coefficient (Wildman–Crippen LogP) is 3.09. The molecule has 4 aliphatic rings. The highest BCUT2D eigenvalue weighted by Crippen LogP contribution is 2.54. The van der Waals surface area contributed by atoms with E-state index < -0.39 is 41.6 Å². The van der Waals surface area contributed by atoms with Gasteiger partial charge in [0.25, 0.3) is 5.91 Å². The maximum atomic E-state index is 14.6. The number of ether oxygens (including phenoxy) is 2. The molecule has 0 aliphatic carbocycles. The van der Waals surface area contributed by atoms with Crippen LogP contribution < -0.4 is 4.90 Å². The molecule has 2 saturated heterocycles. The van der Waals surface area contributed by atoms with Crippen LogP contribution in [-0.4, -0.2) is 71.3 Å². The molecule has 204 valence electrons. The van der Waals surface area contributed by atoms with Crippen molar-refractivity contribution in [3.8, 4) is 0 Å². The lowest BCUT2D eigenvalue weighted by Crippen LogP contribution is -2.58. The van der Waals surface area contributed by atoms with Crippen molar-refractivity contribution in [3.63, 3.8) is 0 Å². The Morgan fingerprint density at radius 3 is 2.53 bits per heavy atom. The second-order valence-corrected chi connectivity index (χ2v) is 11.4. The number of hydrogen-bond acceptors (Lipinski definition) is 6. The Hall–Kier alpha value is -2.97. The van der Waals surface area contributed by atoms with Crippen molar-refractivity contribution >= 4 is 23.5 Å². The third kappa shape index (κ3) is 4.18. The highest BCUT2D eigenvalue weighted by Gasteiger charge is 2.72. The van der Waals surface area contributed by atoms with Gasteiger partial charge in [-0.05, 0) is 50.2 Å². The van der Waals surface area contributed by atoms with E-state index in [0.717, 1.165) is 23.2 Å². The highest BCUT2D eigenvalue weighted by molar-refractivity contribution is 6.06. The summed E-state index contributed by atoms with van der Waals surface area (Å²) in [4.78, 5) is 45.6. The SMILES string of the molecule is Cc1cccc(C)c1N1CC=C[C@]23O[C@H]4/C=C\CCCOC(=O)[C@H]4[C@H]2C(=O)N([C@@H](CO)CC(C)C)C3C1=O. The van der Waals surface area contributed by atoms with Crippen LogP contribution in [0.25, 0.3) is 0 Å². The summed E-state index contributed by atoms with van der Waals surface area (Å²) in [7, 11) is 0. The topological polar surface area (TPSA) is 96.4 Å². The summed E-state index contributed by atoms with van der Waals surface area (Å²) >= 11 is 0. The zero-order valence-electron chi connectivity index (χ0n) is 22.6. The summed E-state index contributed by atoms with van der Waals surface area (Å²) in [6, 6.07) is 4.28. The van der Waals surface area contributed by atoms with E-state index in [1.54, 1.807) is 4.90 Å². The molecule has 38 heavy (non-hydrogen) atoms. The summed E-state index contributed by atoms with van der Waals surface area (Å²) in [6.07, 6.45) is 8.79. The molecule has 6 atom stereocenters. The summed E-state index contributed by atoms with van der Waals surface area (Å²) in [5.74, 6) is -2.70. The molecule has 0 saturated carbocycles. The first-order valence-corrected chi connectivity index (χ1v) is 13.7. The average Bonchev–Trinajstić information content (AvgIpc) is 3.28. The molecule has 2 fully saturated rings. The molecule has 1 aromatic carbocycles. The fourth-order valence-electron chi connectivity index (χ4n) is 6.84. The van der Waals surface area contributed by atoms with Crippen LogP contribution in [0, 0.1) is 31.6 Å². The molecule has 4 aliphatic heterocycles. The van der Waals surface area contributed by atoms with Crippen LogP contribution in [0.2, 0.25) is 0 Å². The van der Waals surface area contributed by atoms with E-state index in [-0.39, 0.29) is 30.9 Å². The zero-order chi connectivity index (χ0) is 27.2. The van der Waals surface area contributed by atoms with E-state index in [9.17, 15) is 19.5 Å². The first kappa shape index (κ1) is 26.6. The lowest BCUT2D eigenvalue weighted by atomic mass is 9.78. The second-order valence-electron chi connectivity index (χ2n) is 11.4. The minimum Gasteiger partial charge on any atom is -0.465 e. The van der Waals surface area contributed by atoms with Crippen molar-refractivity contribution in [2.45, 2.75) is 70.7 Å². The zero-order valence-corrected chi connectivity index (χ0v) is 22.6. The average molecular weight is 523 g/mol. The molecule has 2 amide bonds. The summed E-state index contributed by atoms with van der Waals surface area (Å²) in [5.41, 5.74) is 1.36. The molecule has 8 nitrogen and oxygen atoms in total. The van der Waals surface area contributed by atoms with Gasteiger partial charge in [0.2, 0.25) is 5.91 Å². The number of carbonyl (C=O) groups excluding carboxylic acids is 3. The Labute approximate surface area is 224 Å². The second kappa shape index (κ2) is 10.3. The van der Waals surface area contributed by atoms with Gasteiger partial charge in [-0.15, -0.1) is 0 Å². The lowest BCUT2D eigenvalue weighted by Gasteiger charge is -2.39. The monoisotopic (exact) mass is 522 g/mol. The first-order valence-electron chi connectivity index (χ1n) is 13.7. The number of anilines is 1. The maximum Gasteiger partial charge on any atom is 0.312 e. The number of cyclic esters (lactones) is 1. The standard InChI is InChI=1S/C30H38N2O6/c1-18(2)16-21(17-33)32-26-28(35)31(25-19(3)10-8-11-20(25)4)14-9-13-30(26)24(27(32)34)23-22(38-30)12-6-5-7-15-37-29(23)36/h6,8-13,18,21-24,26,33H,5,7,14-17H2,1-4H3/b12-6-/t21-,22+,23-,24+,26?,30+/m1/s1. The van der Waals surface area contributed by atoms with Crippen LogP contribution in [0.15, 0.2) is 42.5 Å². The van der Waals surface area contributed by atoms with Crippen LogP contribution >= 0.6 is 0 Å². The Kier molecular flexibility index (Phi) is 7.22. The van der Waals surface area contributed by atoms with E-state index in [1.807, 2.05) is 70.2 Å². The quantitative estimate of drug-likeness (QED) is 0.472. The highest BCUT2D eigenvalue weighted by atomic mass is 16.6. The van der Waals surface area contributed by atoms with Crippen LogP contribution in [0.3, 0.4) is 0 Å². The van der Waals surface area contributed by atoms with E-state index in [4.69, 9.17) is 9.47 Å². The number of allylic oxidation sites excluding steroid dienone is 1. The number of carbonyl (C=O) groups is 3. The number of aliphatic hydroxyl groups is 1. The number of nitrogens with zero attached hydrogens (tertiary/aromatic N) is 2. The smallest absolute Gasteiger partial charge is 0.312 e. The Morgan fingerprint density at radius 1 is 1.11 bits per heavy atom. The minimum absolute atomic E-state index is 0.175. The number of aryl methyl sites for hydroxylation is 2. The van der Waals surface area contributed by atoms with Gasteiger partial charge >= 0.3 is 5.97 Å². The van der Waals surface area contributed by atoms with Crippen LogP contribution in [-0.2, 0) is 23.9 Å². The predicted molar refractivity (Wildman–Crippen MR) is 142 cm³/mol. The fourth-order valence-corrected chi connectivity index (χ4v) is 6.84. The van der Waals surface area contributed by atoms with Crippen molar-refractivity contribution in [1.29, 1.82) is 0 Å². The summed E-state index contributed by atoms with van der Waals surface area (Å²) < 4.78 is 12.2. The lowest BCUT2D eigenvalue weighted by molar-refractivity contribution is -0.155. The molecular weight excluding hydrogens is 484 g/mol. The number of esters is 1. The van der Waals surface area contributed by atoms with E-state index in [2.05, 4.69) is 0 Å². The number of aliphatic hydroxyl groups excluding tert-OH is 1. The van der Waals surface area contributed by atoms with E-state index in [1.165, 1.54) is 4.90 Å². The van der Waals surface area contributed by atoms with E-state index >= 15 is 0 Å². The van der Waals surface area contributed by atoms with E-state index in [0.29, 0.717) is 19.4 Å². The van der Waals surface area contributed by atoms with Gasteiger partial charge < -0.3 is 24.4 Å². The van der Waals surface area contributed by atoms with Crippen LogP contribution in [0.4, 0.5) is 5.69 Å². The summed E-state index contributed by atoms with van der Waals surface area (Å²) in [5, 5.41) is 10.5. The van der Waals surface area contributed by atoms with Crippen molar-refractivity contribution in [3.05, 3.63) is 53.6 Å². The molecule has 0 aromatic heterocycles. The van der Waals surface area contributed by atoms with Crippen molar-refractivity contribution < 1.29 is 29.0 Å². The number of hydrogen-bond donors (Lipinski definition) is 1. The number of likely N-dealkylation sites (tertiary alicyclic amines) is 1. The number of fused-ring (bicyclic) bond motifs is 2. The molecular formula is C30H38N2O6. The molecule has 1 unspecified atom stereocenters. The van der Waals surface area contributed by atoms with Gasteiger partial charge in [-0.2, -0.15) is 0 Å². The molecule has 1 aromatic rings. The fraction of sp³-hybridized carbons (Fsp3) is 0.567. The number of benzene rings is 1. The molecule has 0 bridgehead atoms. The van der Waals surface area contributed by atoms with Crippen molar-refractivity contribution in [2.24, 2.45) is 17.8 Å². The number of amides is 2. The third-order valence-electron chi connectivity index (χ3n) is 8.35. The first-order chi connectivity index (χ1) is 18.2. The number of para-hydroxylation sites is 1. The van der Waals surface area contributed by atoms with Crippen molar-refractivity contribution in [1.82, 2.24) is 4.90 Å². The van der Waals surface area contributed by atoms with Gasteiger partial charge in [-0.3, -0.25) is 14.4 Å². The normalized spacial score (nSPS) is 32.6. The van der Waals surface area contributed by atoms with Gasteiger partial charge in [-0.25, -0.2) is 0 Å². The minimum atomic E-state index is -1.35. The molecule has 5 rings (SSSR count).